The monoisotopic (exact) mass is 694 g/mol. The topological polar surface area (TPSA) is 97.9 Å². The maximum atomic E-state index is 14.6. The lowest BCUT2D eigenvalue weighted by atomic mass is 9.87. The molecule has 11 nitrogen and oxygen atoms in total. The number of benzene rings is 3. The van der Waals surface area contributed by atoms with Crippen LogP contribution in [-0.4, -0.2) is 123 Å². The van der Waals surface area contributed by atoms with Gasteiger partial charge in [0.05, 0.1) is 32.1 Å². The molecule has 4 aliphatic heterocycles. The molecule has 14 heteroatoms. The van der Waals surface area contributed by atoms with Crippen molar-refractivity contribution < 1.29 is 37.0 Å². The minimum Gasteiger partial charge on any atom is -0.495 e. The van der Waals surface area contributed by atoms with E-state index >= 15 is 0 Å². The first-order valence-corrected chi connectivity index (χ1v) is 16.8. The van der Waals surface area contributed by atoms with E-state index in [1.165, 1.54) is 24.1 Å². The number of methoxy groups -OCH3 is 1. The number of hydrogen-bond acceptors (Lipinski definition) is 8. The van der Waals surface area contributed by atoms with E-state index in [1.807, 2.05) is 36.4 Å². The molecule has 0 aliphatic carbocycles. The van der Waals surface area contributed by atoms with Gasteiger partial charge in [-0.15, -0.1) is 0 Å². The molecule has 0 bridgehead atoms. The molecule has 0 radical (unpaired) electrons. The average Bonchev–Trinajstić information content (AvgIpc) is 3.67. The van der Waals surface area contributed by atoms with Gasteiger partial charge in [-0.25, -0.2) is 4.79 Å². The van der Waals surface area contributed by atoms with Gasteiger partial charge in [-0.2, -0.15) is 13.2 Å². The van der Waals surface area contributed by atoms with Gasteiger partial charge in [-0.1, -0.05) is 36.4 Å². The minimum absolute atomic E-state index is 0.0947. The highest BCUT2D eigenvalue weighted by Crippen LogP contribution is 2.56. The number of halogens is 3. The van der Waals surface area contributed by atoms with Gasteiger partial charge in [0.15, 0.2) is 0 Å². The Morgan fingerprint density at radius 1 is 1.02 bits per heavy atom. The van der Waals surface area contributed by atoms with Crippen molar-refractivity contribution in [1.82, 2.24) is 19.6 Å². The summed E-state index contributed by atoms with van der Waals surface area (Å²) in [6.07, 6.45) is -4.47. The van der Waals surface area contributed by atoms with Crippen LogP contribution in [0.15, 0.2) is 54.6 Å². The fourth-order valence-corrected chi connectivity index (χ4v) is 8.33. The number of imide groups is 1. The van der Waals surface area contributed by atoms with Gasteiger partial charge in [-0.05, 0) is 41.1 Å². The fraction of sp³-hybridized carbons (Fsp3) is 0.472. The lowest BCUT2D eigenvalue weighted by Crippen LogP contribution is -2.51. The fourth-order valence-electron chi connectivity index (χ4n) is 8.33. The zero-order chi connectivity index (χ0) is 35.4. The average molecular weight is 695 g/mol. The SMILES string of the molecule is COc1ccc(CN2C[C@H]3C[C@H](c4ccc(N(C)C)c5ccccc45)N4C(=O)N(CCN5CCOCC5)C(=O)[C@]34C2)cc1NC(=O)C(F)(F)F. The molecule has 0 saturated carbocycles. The third kappa shape index (κ3) is 5.82. The van der Waals surface area contributed by atoms with E-state index < -0.39 is 17.6 Å². The highest BCUT2D eigenvalue weighted by atomic mass is 19.4. The van der Waals surface area contributed by atoms with E-state index in [0.29, 0.717) is 44.8 Å². The zero-order valence-corrected chi connectivity index (χ0v) is 28.3. The Morgan fingerprint density at radius 2 is 1.76 bits per heavy atom. The lowest BCUT2D eigenvalue weighted by molar-refractivity contribution is -0.167. The predicted molar refractivity (Wildman–Crippen MR) is 181 cm³/mol. The van der Waals surface area contributed by atoms with Gasteiger partial charge in [0.2, 0.25) is 0 Å². The minimum atomic E-state index is -5.06. The predicted octanol–water partition coefficient (Wildman–Crippen LogP) is 4.33. The van der Waals surface area contributed by atoms with Crippen molar-refractivity contribution in [3.63, 3.8) is 0 Å². The van der Waals surface area contributed by atoms with Gasteiger partial charge < -0.3 is 24.6 Å². The number of carbonyl (C=O) groups is 3. The van der Waals surface area contributed by atoms with E-state index in [9.17, 15) is 27.6 Å². The van der Waals surface area contributed by atoms with Crippen LogP contribution < -0.4 is 15.0 Å². The highest BCUT2D eigenvalue weighted by Gasteiger charge is 2.70. The second-order valence-corrected chi connectivity index (χ2v) is 13.7. The summed E-state index contributed by atoms with van der Waals surface area (Å²) in [6, 6.07) is 16.4. The third-order valence-electron chi connectivity index (χ3n) is 10.6. The number of likely N-dealkylation sites (tertiary alicyclic amines) is 1. The van der Waals surface area contributed by atoms with Gasteiger partial charge in [0.25, 0.3) is 5.91 Å². The number of anilines is 2. The quantitative estimate of drug-likeness (QED) is 0.331. The Bertz CT molecular complexity index is 1810. The Kier molecular flexibility index (Phi) is 8.89. The van der Waals surface area contributed by atoms with Crippen LogP contribution in [0.2, 0.25) is 0 Å². The Labute approximate surface area is 288 Å². The maximum Gasteiger partial charge on any atom is 0.471 e. The Balaban J connectivity index is 1.21. The van der Waals surface area contributed by atoms with Crippen LogP contribution in [0.25, 0.3) is 10.8 Å². The third-order valence-corrected chi connectivity index (χ3v) is 10.6. The number of morpholine rings is 1. The van der Waals surface area contributed by atoms with Crippen LogP contribution in [0.3, 0.4) is 0 Å². The van der Waals surface area contributed by atoms with Crippen molar-refractivity contribution in [3.8, 4) is 5.75 Å². The van der Waals surface area contributed by atoms with Gasteiger partial charge in [0.1, 0.15) is 11.3 Å². The van der Waals surface area contributed by atoms with Crippen LogP contribution in [-0.2, 0) is 20.9 Å². The van der Waals surface area contributed by atoms with Gasteiger partial charge >= 0.3 is 18.1 Å². The molecule has 3 aromatic carbocycles. The summed E-state index contributed by atoms with van der Waals surface area (Å²) in [4.78, 5) is 50.5. The van der Waals surface area contributed by atoms with Crippen LogP contribution in [0.1, 0.15) is 23.6 Å². The molecular weight excluding hydrogens is 653 g/mol. The number of fused-ring (bicyclic) bond motifs is 1. The van der Waals surface area contributed by atoms with Gasteiger partial charge in [-0.3, -0.25) is 24.3 Å². The molecule has 0 aromatic heterocycles. The smallest absolute Gasteiger partial charge is 0.471 e. The summed E-state index contributed by atoms with van der Waals surface area (Å²) < 4.78 is 49.9. The number of alkyl halides is 3. The van der Waals surface area contributed by atoms with Crippen LogP contribution in [0.5, 0.6) is 5.75 Å². The van der Waals surface area contributed by atoms with E-state index in [1.54, 1.807) is 6.07 Å². The second kappa shape index (κ2) is 13.1. The summed E-state index contributed by atoms with van der Waals surface area (Å²) in [5.74, 6) is -2.38. The van der Waals surface area contributed by atoms with Crippen molar-refractivity contribution in [2.45, 2.75) is 30.7 Å². The number of nitrogens with zero attached hydrogens (tertiary/aromatic N) is 5. The molecule has 1 spiro atoms. The Morgan fingerprint density at radius 3 is 2.46 bits per heavy atom. The number of amides is 4. The van der Waals surface area contributed by atoms with E-state index in [-0.39, 0.29) is 48.4 Å². The number of ether oxygens (including phenoxy) is 2. The first-order valence-electron chi connectivity index (χ1n) is 16.8. The molecule has 0 unspecified atom stereocenters. The maximum absolute atomic E-state index is 14.6. The molecule has 4 aliphatic rings. The van der Waals surface area contributed by atoms with Crippen LogP contribution in [0.4, 0.5) is 29.3 Å². The van der Waals surface area contributed by atoms with E-state index in [4.69, 9.17) is 9.47 Å². The molecular formula is C36H41F3N6O5. The Hall–Kier alpha value is -4.40. The number of urea groups is 1. The first kappa shape index (κ1) is 34.1. The number of hydrogen-bond donors (Lipinski definition) is 1. The standard InChI is InChI=1S/C36H41F3N6O5/c1-41(2)29-10-9-27(25-6-4-5-7-26(25)29)30-19-24-21-43(20-23-8-11-31(49-3)28(18-23)40-32(46)36(37,38)39)22-35(24)33(47)44(34(48)45(30)35)13-12-42-14-16-50-17-15-42/h4-11,18,24,30H,12-17,19-22H2,1-3H3,(H,40,46)/t24-,30-,35+/m1/s1. The zero-order valence-electron chi connectivity index (χ0n) is 28.3. The summed E-state index contributed by atoms with van der Waals surface area (Å²) in [5.41, 5.74) is 1.51. The normalized spacial score (nSPS) is 24.2. The van der Waals surface area contributed by atoms with E-state index in [0.717, 1.165) is 35.1 Å². The molecule has 4 saturated heterocycles. The molecule has 3 atom stereocenters. The van der Waals surface area contributed by atoms with Crippen molar-refractivity contribution >= 4 is 40.0 Å². The molecule has 1 N–H and O–H groups in total. The summed E-state index contributed by atoms with van der Waals surface area (Å²) >= 11 is 0. The lowest BCUT2D eigenvalue weighted by Gasteiger charge is -2.33. The first-order chi connectivity index (χ1) is 23.9. The molecule has 7 rings (SSSR count). The summed E-state index contributed by atoms with van der Waals surface area (Å²) in [7, 11) is 5.31. The summed E-state index contributed by atoms with van der Waals surface area (Å²) in [5, 5.41) is 4.02. The van der Waals surface area contributed by atoms with Crippen molar-refractivity contribution in [3.05, 3.63) is 65.7 Å². The van der Waals surface area contributed by atoms with Crippen molar-refractivity contribution in [1.29, 1.82) is 0 Å². The van der Waals surface area contributed by atoms with Crippen LogP contribution in [0, 0.1) is 5.92 Å². The molecule has 4 heterocycles. The van der Waals surface area contributed by atoms with E-state index in [2.05, 4.69) is 39.0 Å². The van der Waals surface area contributed by atoms with Crippen molar-refractivity contribution in [2.75, 3.05) is 83.9 Å². The molecule has 266 valence electrons. The number of carbonyl (C=O) groups excluding carboxylic acids is 3. The second-order valence-electron chi connectivity index (χ2n) is 13.7. The summed E-state index contributed by atoms with van der Waals surface area (Å²) in [6.45, 7) is 4.61. The van der Waals surface area contributed by atoms with Gasteiger partial charge in [0, 0.05) is 76.9 Å². The molecule has 4 amide bonds. The van der Waals surface area contributed by atoms with Crippen LogP contribution >= 0.6 is 0 Å². The van der Waals surface area contributed by atoms with Crippen molar-refractivity contribution in [2.24, 2.45) is 5.92 Å². The number of rotatable bonds is 9. The largest absolute Gasteiger partial charge is 0.495 e. The highest BCUT2D eigenvalue weighted by molar-refractivity contribution is 6.09. The molecule has 50 heavy (non-hydrogen) atoms. The molecule has 4 fully saturated rings. The number of nitrogens with one attached hydrogen (secondary N) is 1. The molecule has 3 aromatic rings.